The first-order valence-electron chi connectivity index (χ1n) is 9.31. The maximum atomic E-state index is 14.0. The standard InChI is InChI=1S/C21H17ClFN3O6/c1-2-31-18-10-12(6-8-16-19(26(29)30)20(27)25-21(28)24-16)7-9-17(18)32-11-13-14(22)4-3-5-15(13)23/h3-10H,2,11H2,1H3,(H2,24,25,27,28)/b8-6+. The van der Waals surface area contributed by atoms with E-state index < -0.39 is 27.7 Å². The molecule has 0 bridgehead atoms. The average molecular weight is 462 g/mol. The Labute approximate surface area is 185 Å². The van der Waals surface area contributed by atoms with Crippen molar-refractivity contribution in [3.63, 3.8) is 0 Å². The quantitative estimate of drug-likeness (QED) is 0.386. The maximum Gasteiger partial charge on any atom is 0.357 e. The molecule has 32 heavy (non-hydrogen) atoms. The molecule has 2 aromatic carbocycles. The van der Waals surface area contributed by atoms with Crippen LogP contribution in [0.3, 0.4) is 0 Å². The molecule has 166 valence electrons. The van der Waals surface area contributed by atoms with Crippen LogP contribution in [0.25, 0.3) is 12.2 Å². The maximum absolute atomic E-state index is 14.0. The minimum atomic E-state index is -1.11. The molecular formula is C21H17ClFN3O6. The Kier molecular flexibility index (Phi) is 7.06. The highest BCUT2D eigenvalue weighted by molar-refractivity contribution is 6.31. The van der Waals surface area contributed by atoms with Gasteiger partial charge in [0.1, 0.15) is 18.1 Å². The molecule has 0 aliphatic heterocycles. The first kappa shape index (κ1) is 22.8. The van der Waals surface area contributed by atoms with Crippen LogP contribution in [0.2, 0.25) is 5.02 Å². The van der Waals surface area contributed by atoms with Crippen molar-refractivity contribution in [2.24, 2.45) is 0 Å². The number of hydrogen-bond donors (Lipinski definition) is 2. The van der Waals surface area contributed by atoms with E-state index in [4.69, 9.17) is 21.1 Å². The second-order valence-electron chi connectivity index (χ2n) is 6.39. The number of aromatic amines is 2. The molecule has 0 fully saturated rings. The summed E-state index contributed by atoms with van der Waals surface area (Å²) in [5.74, 6) is 0.179. The lowest BCUT2D eigenvalue weighted by Gasteiger charge is -2.13. The Morgan fingerprint density at radius 1 is 1.12 bits per heavy atom. The van der Waals surface area contributed by atoms with Crippen LogP contribution in [0, 0.1) is 15.9 Å². The van der Waals surface area contributed by atoms with Gasteiger partial charge in [-0.3, -0.25) is 19.9 Å². The van der Waals surface area contributed by atoms with Crippen LogP contribution >= 0.6 is 11.6 Å². The van der Waals surface area contributed by atoms with E-state index in [1.54, 1.807) is 31.2 Å². The molecule has 0 amide bonds. The van der Waals surface area contributed by atoms with Gasteiger partial charge in [0, 0.05) is 5.56 Å². The number of hydrogen-bond acceptors (Lipinski definition) is 6. The summed E-state index contributed by atoms with van der Waals surface area (Å²) in [5.41, 5.74) is -2.27. The van der Waals surface area contributed by atoms with Crippen molar-refractivity contribution in [3.8, 4) is 11.5 Å². The highest BCUT2D eigenvalue weighted by atomic mass is 35.5. The van der Waals surface area contributed by atoms with E-state index in [1.807, 2.05) is 4.98 Å². The molecule has 2 N–H and O–H groups in total. The number of rotatable bonds is 8. The lowest BCUT2D eigenvalue weighted by Crippen LogP contribution is -2.25. The minimum absolute atomic E-state index is 0.124. The summed E-state index contributed by atoms with van der Waals surface area (Å²) in [5, 5.41) is 11.4. The largest absolute Gasteiger partial charge is 0.490 e. The van der Waals surface area contributed by atoms with Crippen LogP contribution in [0.5, 0.6) is 11.5 Å². The number of nitrogens with zero attached hydrogens (tertiary/aromatic N) is 1. The van der Waals surface area contributed by atoms with Crippen LogP contribution < -0.4 is 20.7 Å². The van der Waals surface area contributed by atoms with Crippen LogP contribution in [0.4, 0.5) is 10.1 Å². The zero-order valence-electron chi connectivity index (χ0n) is 16.7. The van der Waals surface area contributed by atoms with Gasteiger partial charge in [-0.15, -0.1) is 0 Å². The van der Waals surface area contributed by atoms with Gasteiger partial charge >= 0.3 is 16.9 Å². The van der Waals surface area contributed by atoms with Gasteiger partial charge in [0.05, 0.1) is 16.6 Å². The van der Waals surface area contributed by atoms with E-state index in [0.717, 1.165) is 0 Å². The van der Waals surface area contributed by atoms with Crippen LogP contribution in [-0.2, 0) is 6.61 Å². The van der Waals surface area contributed by atoms with Gasteiger partial charge in [0.2, 0.25) is 0 Å². The molecule has 1 aromatic heterocycles. The molecule has 0 aliphatic rings. The van der Waals surface area contributed by atoms with E-state index in [2.05, 4.69) is 4.98 Å². The average Bonchev–Trinajstić information content (AvgIpc) is 2.72. The fourth-order valence-electron chi connectivity index (χ4n) is 2.81. The van der Waals surface area contributed by atoms with Gasteiger partial charge < -0.3 is 14.5 Å². The van der Waals surface area contributed by atoms with Gasteiger partial charge in [0.15, 0.2) is 11.5 Å². The Balaban J connectivity index is 1.89. The predicted molar refractivity (Wildman–Crippen MR) is 117 cm³/mol. The van der Waals surface area contributed by atoms with Crippen molar-refractivity contribution in [2.45, 2.75) is 13.5 Å². The molecule has 0 spiro atoms. The number of benzene rings is 2. The molecule has 0 saturated heterocycles. The third-order valence-corrected chi connectivity index (χ3v) is 4.63. The molecule has 0 aliphatic carbocycles. The normalized spacial score (nSPS) is 11.0. The van der Waals surface area contributed by atoms with Crippen LogP contribution in [0.1, 0.15) is 23.7 Å². The summed E-state index contributed by atoms with van der Waals surface area (Å²) in [4.78, 5) is 37.5. The number of halogens is 2. The lowest BCUT2D eigenvalue weighted by molar-refractivity contribution is -0.386. The molecule has 0 atom stereocenters. The lowest BCUT2D eigenvalue weighted by atomic mass is 10.1. The van der Waals surface area contributed by atoms with E-state index >= 15 is 0 Å². The third kappa shape index (κ3) is 5.22. The second kappa shape index (κ2) is 9.92. The second-order valence-corrected chi connectivity index (χ2v) is 6.80. The first-order valence-corrected chi connectivity index (χ1v) is 9.69. The minimum Gasteiger partial charge on any atom is -0.490 e. The Hall–Kier alpha value is -3.92. The molecule has 9 nitrogen and oxygen atoms in total. The summed E-state index contributed by atoms with van der Waals surface area (Å²) in [6, 6.07) is 9.11. The van der Waals surface area contributed by atoms with E-state index in [1.165, 1.54) is 24.3 Å². The monoisotopic (exact) mass is 461 g/mol. The van der Waals surface area contributed by atoms with Crippen molar-refractivity contribution >= 4 is 29.4 Å². The Morgan fingerprint density at radius 3 is 2.59 bits per heavy atom. The highest BCUT2D eigenvalue weighted by Crippen LogP contribution is 2.31. The molecule has 3 rings (SSSR count). The molecule has 0 unspecified atom stereocenters. The highest BCUT2D eigenvalue weighted by Gasteiger charge is 2.19. The number of ether oxygens (including phenoxy) is 2. The van der Waals surface area contributed by atoms with E-state index in [-0.39, 0.29) is 22.9 Å². The molecule has 0 radical (unpaired) electrons. The number of nitrogens with one attached hydrogen (secondary N) is 2. The summed E-state index contributed by atoms with van der Waals surface area (Å²) in [6.45, 7) is 1.96. The summed E-state index contributed by atoms with van der Waals surface area (Å²) < 4.78 is 25.2. The van der Waals surface area contributed by atoms with Gasteiger partial charge in [-0.2, -0.15) is 0 Å². The summed E-state index contributed by atoms with van der Waals surface area (Å²) in [7, 11) is 0. The smallest absolute Gasteiger partial charge is 0.357 e. The zero-order chi connectivity index (χ0) is 23.3. The Morgan fingerprint density at radius 2 is 1.91 bits per heavy atom. The van der Waals surface area contributed by atoms with Gasteiger partial charge in [0.25, 0.3) is 0 Å². The predicted octanol–water partition coefficient (Wildman–Crippen LogP) is 3.91. The van der Waals surface area contributed by atoms with Crippen LogP contribution in [0.15, 0.2) is 46.0 Å². The fraction of sp³-hybridized carbons (Fsp3) is 0.143. The topological polar surface area (TPSA) is 127 Å². The molecule has 0 saturated carbocycles. The van der Waals surface area contributed by atoms with Gasteiger partial charge in [-0.25, -0.2) is 9.18 Å². The molecule has 1 heterocycles. The van der Waals surface area contributed by atoms with E-state index in [9.17, 15) is 24.1 Å². The Bertz CT molecular complexity index is 1280. The van der Waals surface area contributed by atoms with Crippen molar-refractivity contribution in [1.29, 1.82) is 0 Å². The van der Waals surface area contributed by atoms with Crippen molar-refractivity contribution in [2.75, 3.05) is 6.61 Å². The van der Waals surface area contributed by atoms with Crippen molar-refractivity contribution in [1.82, 2.24) is 9.97 Å². The van der Waals surface area contributed by atoms with Gasteiger partial charge in [-0.1, -0.05) is 29.8 Å². The molecule has 3 aromatic rings. The van der Waals surface area contributed by atoms with Crippen molar-refractivity contribution < 1.29 is 18.8 Å². The zero-order valence-corrected chi connectivity index (χ0v) is 17.4. The summed E-state index contributed by atoms with van der Waals surface area (Å²) >= 11 is 6.02. The number of aromatic nitrogens is 2. The first-order chi connectivity index (χ1) is 15.3. The van der Waals surface area contributed by atoms with Crippen molar-refractivity contribution in [3.05, 3.63) is 95.0 Å². The number of H-pyrrole nitrogens is 2. The SMILES string of the molecule is CCOc1cc(/C=C/c2[nH]c(=O)[nH]c(=O)c2[N+](=O)[O-])ccc1OCc1c(F)cccc1Cl. The number of nitro groups is 1. The van der Waals surface area contributed by atoms with E-state index in [0.29, 0.717) is 23.7 Å². The summed E-state index contributed by atoms with van der Waals surface area (Å²) in [6.07, 6.45) is 2.69. The van der Waals surface area contributed by atoms with Crippen LogP contribution in [-0.4, -0.2) is 21.5 Å². The third-order valence-electron chi connectivity index (χ3n) is 4.27. The molecular weight excluding hydrogens is 445 g/mol. The van der Waals surface area contributed by atoms with Gasteiger partial charge in [-0.05, 0) is 42.8 Å². The molecule has 11 heteroatoms. The fourth-order valence-corrected chi connectivity index (χ4v) is 3.03.